The molecule has 3 aromatic carbocycles. The van der Waals surface area contributed by atoms with Crippen molar-refractivity contribution in [3.05, 3.63) is 83.4 Å². The first-order valence-electron chi connectivity index (χ1n) is 11.0. The molecule has 0 saturated carbocycles. The van der Waals surface area contributed by atoms with Gasteiger partial charge in [0.1, 0.15) is 11.5 Å². The van der Waals surface area contributed by atoms with Crippen molar-refractivity contribution in [2.75, 3.05) is 34.3 Å². The van der Waals surface area contributed by atoms with Crippen molar-refractivity contribution in [1.82, 2.24) is 9.80 Å². The molecule has 1 saturated heterocycles. The molecule has 0 bridgehead atoms. The number of fused-ring (bicyclic) bond motifs is 1. The summed E-state index contributed by atoms with van der Waals surface area (Å²) in [6.07, 6.45) is 0.703. The number of methoxy groups -OCH3 is 1. The van der Waals surface area contributed by atoms with Crippen molar-refractivity contribution in [2.45, 2.75) is 12.5 Å². The van der Waals surface area contributed by atoms with E-state index in [2.05, 4.69) is 0 Å². The summed E-state index contributed by atoms with van der Waals surface area (Å²) < 4.78 is 5.38. The number of rotatable bonds is 7. The summed E-state index contributed by atoms with van der Waals surface area (Å²) in [6.45, 7) is 1.17. The van der Waals surface area contributed by atoms with Crippen molar-refractivity contribution in [3.8, 4) is 5.75 Å². The first-order chi connectivity index (χ1) is 15.9. The van der Waals surface area contributed by atoms with Crippen molar-refractivity contribution in [2.24, 2.45) is 0 Å². The Hall–Kier alpha value is -3.64. The number of amides is 1. The van der Waals surface area contributed by atoms with Gasteiger partial charge >= 0.3 is 0 Å². The Morgan fingerprint density at radius 1 is 1.03 bits per heavy atom. The van der Waals surface area contributed by atoms with Gasteiger partial charge in [-0.3, -0.25) is 9.59 Å². The Morgan fingerprint density at radius 3 is 2.52 bits per heavy atom. The van der Waals surface area contributed by atoms with Crippen LogP contribution < -0.4 is 4.74 Å². The Balaban J connectivity index is 1.88. The molecule has 0 radical (unpaired) electrons. The summed E-state index contributed by atoms with van der Waals surface area (Å²) in [7, 11) is 5.51. The fourth-order valence-electron chi connectivity index (χ4n) is 4.40. The summed E-state index contributed by atoms with van der Waals surface area (Å²) in [5.74, 6) is -0.800. The van der Waals surface area contributed by atoms with Gasteiger partial charge in [-0.1, -0.05) is 54.6 Å². The van der Waals surface area contributed by atoms with E-state index in [0.717, 1.165) is 22.9 Å². The van der Waals surface area contributed by atoms with Crippen LogP contribution in [0.1, 0.15) is 23.6 Å². The van der Waals surface area contributed by atoms with E-state index in [1.165, 1.54) is 0 Å². The van der Waals surface area contributed by atoms with E-state index in [9.17, 15) is 14.7 Å². The first-order valence-corrected chi connectivity index (χ1v) is 11.0. The molecule has 1 unspecified atom stereocenters. The van der Waals surface area contributed by atoms with E-state index < -0.39 is 17.7 Å². The smallest absolute Gasteiger partial charge is 0.295 e. The third-order valence-electron chi connectivity index (χ3n) is 6.00. The van der Waals surface area contributed by atoms with Gasteiger partial charge in [0, 0.05) is 12.1 Å². The fourth-order valence-corrected chi connectivity index (χ4v) is 4.40. The zero-order valence-corrected chi connectivity index (χ0v) is 19.1. The molecule has 1 amide bonds. The van der Waals surface area contributed by atoms with Gasteiger partial charge < -0.3 is 19.6 Å². The predicted molar refractivity (Wildman–Crippen MR) is 129 cm³/mol. The standard InChI is InChI=1S/C27H28N2O4/c1-28(2)15-8-16-29-24(19-11-6-12-20(17-19)33-3)23(26(31)27(29)32)25(30)22-14-7-10-18-9-4-5-13-21(18)22/h4-7,9-14,17,24,30H,8,15-16H2,1-3H3/b25-23-. The zero-order valence-electron chi connectivity index (χ0n) is 19.1. The van der Waals surface area contributed by atoms with Crippen LogP contribution in [0.4, 0.5) is 0 Å². The molecule has 170 valence electrons. The number of Topliss-reactive ketones (excluding diaryl/α,β-unsaturated/α-hetero) is 1. The van der Waals surface area contributed by atoms with Gasteiger partial charge in [-0.05, 0) is 55.5 Å². The Bertz CT molecular complexity index is 1230. The van der Waals surface area contributed by atoms with Crippen molar-refractivity contribution >= 4 is 28.2 Å². The summed E-state index contributed by atoms with van der Waals surface area (Å²) in [5, 5.41) is 13.2. The second kappa shape index (κ2) is 9.46. The number of carbonyl (C=O) groups excluding carboxylic acids is 2. The summed E-state index contributed by atoms with van der Waals surface area (Å²) >= 11 is 0. The van der Waals surface area contributed by atoms with E-state index in [1.807, 2.05) is 79.7 Å². The quantitative estimate of drug-likeness (QED) is 0.336. The van der Waals surface area contributed by atoms with E-state index in [0.29, 0.717) is 24.3 Å². The number of aliphatic hydroxyl groups excluding tert-OH is 1. The van der Waals surface area contributed by atoms with E-state index in [1.54, 1.807) is 18.1 Å². The van der Waals surface area contributed by atoms with Gasteiger partial charge in [0.05, 0.1) is 18.7 Å². The van der Waals surface area contributed by atoms with Crippen molar-refractivity contribution in [3.63, 3.8) is 0 Å². The monoisotopic (exact) mass is 444 g/mol. The number of carbonyl (C=O) groups is 2. The molecule has 0 aromatic heterocycles. The molecule has 6 heteroatoms. The third-order valence-corrected chi connectivity index (χ3v) is 6.00. The SMILES string of the molecule is COc1cccc(C2/C(=C(/O)c3cccc4ccccc34)C(=O)C(=O)N2CCCN(C)C)c1. The van der Waals surface area contributed by atoms with E-state index >= 15 is 0 Å². The molecule has 1 aliphatic heterocycles. The summed E-state index contributed by atoms with van der Waals surface area (Å²) in [6, 6.07) is 19.8. The molecule has 1 atom stereocenters. The highest BCUT2D eigenvalue weighted by Crippen LogP contribution is 2.41. The van der Waals surface area contributed by atoms with Crippen LogP contribution in [-0.4, -0.2) is 60.9 Å². The lowest BCUT2D eigenvalue weighted by Crippen LogP contribution is -2.32. The van der Waals surface area contributed by atoms with Crippen LogP contribution in [0.25, 0.3) is 16.5 Å². The second-order valence-corrected chi connectivity index (χ2v) is 8.45. The average Bonchev–Trinajstić information content (AvgIpc) is 3.08. The Kier molecular flexibility index (Phi) is 6.47. The number of benzene rings is 3. The number of aliphatic hydroxyl groups is 1. The number of hydrogen-bond acceptors (Lipinski definition) is 5. The number of likely N-dealkylation sites (tertiary alicyclic amines) is 1. The molecule has 6 nitrogen and oxygen atoms in total. The maximum atomic E-state index is 13.3. The zero-order chi connectivity index (χ0) is 23.5. The lowest BCUT2D eigenvalue weighted by molar-refractivity contribution is -0.139. The van der Waals surface area contributed by atoms with Crippen molar-refractivity contribution in [1.29, 1.82) is 0 Å². The fraction of sp³-hybridized carbons (Fsp3) is 0.259. The topological polar surface area (TPSA) is 70.1 Å². The minimum Gasteiger partial charge on any atom is -0.507 e. The number of ketones is 1. The molecule has 1 aliphatic rings. The molecule has 3 aromatic rings. The van der Waals surface area contributed by atoms with Crippen molar-refractivity contribution < 1.29 is 19.4 Å². The normalized spacial score (nSPS) is 17.8. The summed E-state index contributed by atoms with van der Waals surface area (Å²) in [5.41, 5.74) is 1.36. The van der Waals surface area contributed by atoms with Gasteiger partial charge in [-0.2, -0.15) is 0 Å². The van der Waals surface area contributed by atoms with Crippen LogP contribution in [0.15, 0.2) is 72.3 Å². The first kappa shape index (κ1) is 22.6. The Morgan fingerprint density at radius 2 is 1.76 bits per heavy atom. The van der Waals surface area contributed by atoms with Crippen LogP contribution in [0.2, 0.25) is 0 Å². The van der Waals surface area contributed by atoms with E-state index in [-0.39, 0.29) is 11.3 Å². The van der Waals surface area contributed by atoms with Gasteiger partial charge in [-0.15, -0.1) is 0 Å². The molecular weight excluding hydrogens is 416 g/mol. The van der Waals surface area contributed by atoms with E-state index in [4.69, 9.17) is 4.74 Å². The largest absolute Gasteiger partial charge is 0.507 e. The minimum atomic E-state index is -0.693. The van der Waals surface area contributed by atoms with Crippen LogP contribution in [-0.2, 0) is 9.59 Å². The Labute approximate surface area is 193 Å². The molecule has 0 aliphatic carbocycles. The molecule has 4 rings (SSSR count). The maximum absolute atomic E-state index is 13.3. The van der Waals surface area contributed by atoms with Gasteiger partial charge in [-0.25, -0.2) is 0 Å². The van der Waals surface area contributed by atoms with Crippen LogP contribution in [0.5, 0.6) is 5.75 Å². The molecule has 0 spiro atoms. The predicted octanol–water partition coefficient (Wildman–Crippen LogP) is 4.22. The summed E-state index contributed by atoms with van der Waals surface area (Å²) in [4.78, 5) is 30.0. The lowest BCUT2D eigenvalue weighted by Gasteiger charge is -2.26. The highest BCUT2D eigenvalue weighted by molar-refractivity contribution is 6.46. The second-order valence-electron chi connectivity index (χ2n) is 8.45. The van der Waals surface area contributed by atoms with Crippen LogP contribution in [0, 0.1) is 0 Å². The number of ether oxygens (including phenoxy) is 1. The lowest BCUT2D eigenvalue weighted by atomic mass is 9.93. The third kappa shape index (κ3) is 4.34. The highest BCUT2D eigenvalue weighted by atomic mass is 16.5. The maximum Gasteiger partial charge on any atom is 0.295 e. The number of hydrogen-bond donors (Lipinski definition) is 1. The molecule has 1 heterocycles. The highest BCUT2D eigenvalue weighted by Gasteiger charge is 2.46. The number of nitrogens with zero attached hydrogens (tertiary/aromatic N) is 2. The molecule has 1 N–H and O–H groups in total. The molecule has 33 heavy (non-hydrogen) atoms. The van der Waals surface area contributed by atoms with Crippen LogP contribution in [0.3, 0.4) is 0 Å². The molecule has 1 fully saturated rings. The van der Waals surface area contributed by atoms with Crippen LogP contribution >= 0.6 is 0 Å². The van der Waals surface area contributed by atoms with Gasteiger partial charge in [0.2, 0.25) is 0 Å². The average molecular weight is 445 g/mol. The van der Waals surface area contributed by atoms with Gasteiger partial charge in [0.15, 0.2) is 0 Å². The van der Waals surface area contributed by atoms with Gasteiger partial charge in [0.25, 0.3) is 11.7 Å². The minimum absolute atomic E-state index is 0.106. The molecular formula is C27H28N2O4.